The fourth-order valence-electron chi connectivity index (χ4n) is 3.07. The van der Waals surface area contributed by atoms with Crippen LogP contribution in [0.3, 0.4) is 0 Å². The van der Waals surface area contributed by atoms with E-state index >= 15 is 0 Å². The van der Waals surface area contributed by atoms with Gasteiger partial charge in [-0.2, -0.15) is 10.5 Å². The van der Waals surface area contributed by atoms with Crippen molar-refractivity contribution >= 4 is 38.7 Å². The molecule has 3 aromatic rings. The first-order valence-corrected chi connectivity index (χ1v) is 9.63. The van der Waals surface area contributed by atoms with Gasteiger partial charge in [-0.05, 0) is 6.07 Å². The van der Waals surface area contributed by atoms with Crippen LogP contribution in [0.15, 0.2) is 93.3 Å². The Bertz CT molecular complexity index is 1280. The minimum Gasteiger partial charge on any atom is -0.226 e. The number of aliphatic imine (C=N–C) groups is 2. The van der Waals surface area contributed by atoms with Gasteiger partial charge in [0.25, 0.3) is 0 Å². The summed E-state index contributed by atoms with van der Waals surface area (Å²) in [5.74, 6) is 0.588. The maximum atomic E-state index is 9.13. The van der Waals surface area contributed by atoms with Gasteiger partial charge in [0.2, 0.25) is 0 Å². The van der Waals surface area contributed by atoms with Crippen molar-refractivity contribution < 1.29 is 0 Å². The van der Waals surface area contributed by atoms with E-state index in [-0.39, 0.29) is 5.57 Å². The summed E-state index contributed by atoms with van der Waals surface area (Å²) in [5, 5.41) is 19.6. The molecule has 0 saturated heterocycles. The van der Waals surface area contributed by atoms with Crippen molar-refractivity contribution in [2.45, 2.75) is 0 Å². The summed E-state index contributed by atoms with van der Waals surface area (Å²) >= 11 is 3.46. The van der Waals surface area contributed by atoms with Crippen molar-refractivity contribution in [1.82, 2.24) is 0 Å². The molecule has 0 atom stereocenters. The zero-order valence-corrected chi connectivity index (χ0v) is 16.8. The third-order valence-corrected chi connectivity index (χ3v) is 5.13. The van der Waals surface area contributed by atoms with Gasteiger partial charge in [0.05, 0.1) is 11.4 Å². The van der Waals surface area contributed by atoms with Gasteiger partial charge in [-0.3, -0.25) is 0 Å². The van der Waals surface area contributed by atoms with Crippen molar-refractivity contribution in [2.24, 2.45) is 9.98 Å². The fourth-order valence-corrected chi connectivity index (χ4v) is 3.65. The highest BCUT2D eigenvalue weighted by molar-refractivity contribution is 9.10. The molecule has 0 N–H and O–H groups in total. The number of nitriles is 2. The van der Waals surface area contributed by atoms with Gasteiger partial charge >= 0.3 is 0 Å². The molecule has 0 saturated carbocycles. The lowest BCUT2D eigenvalue weighted by atomic mass is 10.0. The Morgan fingerprint density at radius 3 is 1.69 bits per heavy atom. The highest BCUT2D eigenvalue weighted by atomic mass is 79.9. The zero-order valence-electron chi connectivity index (χ0n) is 15.2. The number of hydrogen-bond donors (Lipinski definition) is 0. The Hall–Kier alpha value is -3.80. The molecule has 0 aromatic heterocycles. The Balaban J connectivity index is 1.96. The van der Waals surface area contributed by atoms with Gasteiger partial charge in [-0.1, -0.05) is 88.7 Å². The van der Waals surface area contributed by atoms with Gasteiger partial charge in [0, 0.05) is 26.0 Å². The van der Waals surface area contributed by atoms with Crippen LogP contribution in [-0.2, 0) is 0 Å². The van der Waals surface area contributed by atoms with Crippen molar-refractivity contribution in [3.05, 3.63) is 105 Å². The molecular formula is C24H13BrN4. The first-order valence-electron chi connectivity index (χ1n) is 8.84. The zero-order chi connectivity index (χ0) is 20.2. The maximum absolute atomic E-state index is 9.13. The predicted octanol–water partition coefficient (Wildman–Crippen LogP) is 3.70. The number of hydrogen-bond acceptors (Lipinski definition) is 4. The largest absolute Gasteiger partial charge is 0.226 e. The van der Waals surface area contributed by atoms with Crippen molar-refractivity contribution in [2.75, 3.05) is 0 Å². The van der Waals surface area contributed by atoms with Crippen LogP contribution in [-0.4, -0.2) is 11.4 Å². The minimum atomic E-state index is 0.0572. The van der Waals surface area contributed by atoms with Crippen LogP contribution in [0.2, 0.25) is 0 Å². The highest BCUT2D eigenvalue weighted by Crippen LogP contribution is 2.20. The molecule has 0 unspecified atom stereocenters. The molecule has 4 rings (SSSR count). The topological polar surface area (TPSA) is 72.3 Å². The summed E-state index contributed by atoms with van der Waals surface area (Å²) < 4.78 is 0.653. The Morgan fingerprint density at radius 2 is 1.24 bits per heavy atom. The molecule has 1 heterocycles. The lowest BCUT2D eigenvalue weighted by Crippen LogP contribution is -2.13. The highest BCUT2D eigenvalue weighted by Gasteiger charge is 2.20. The van der Waals surface area contributed by atoms with Crippen LogP contribution in [0, 0.1) is 22.7 Å². The average molecular weight is 437 g/mol. The van der Waals surface area contributed by atoms with Gasteiger partial charge in [0.1, 0.15) is 17.7 Å². The summed E-state index contributed by atoms with van der Waals surface area (Å²) in [6.07, 6.45) is 0. The predicted molar refractivity (Wildman–Crippen MR) is 117 cm³/mol. The summed E-state index contributed by atoms with van der Waals surface area (Å²) in [6.45, 7) is 0. The van der Waals surface area contributed by atoms with E-state index in [9.17, 15) is 0 Å². The molecule has 3 aromatic carbocycles. The van der Waals surface area contributed by atoms with E-state index in [4.69, 9.17) is 20.5 Å². The second kappa shape index (κ2) is 8.06. The lowest BCUT2D eigenvalue weighted by molar-refractivity contribution is 1.38. The monoisotopic (exact) mass is 436 g/mol. The second-order valence-electron chi connectivity index (χ2n) is 6.27. The average Bonchev–Trinajstić information content (AvgIpc) is 3.22. The summed E-state index contributed by atoms with van der Waals surface area (Å²) in [7, 11) is 0. The van der Waals surface area contributed by atoms with Crippen molar-refractivity contribution in [3.8, 4) is 12.1 Å². The SMILES string of the molecule is N#CC(C#N)=c1ccc(=C2N=C(c3ccccc3)C(c3ccccc3)=N2)cc1Br. The van der Waals surface area contributed by atoms with E-state index in [0.29, 0.717) is 15.5 Å². The molecule has 1 aliphatic rings. The van der Waals surface area contributed by atoms with Crippen LogP contribution in [0.1, 0.15) is 11.1 Å². The third kappa shape index (κ3) is 3.65. The number of halogens is 1. The number of benzene rings is 3. The smallest absolute Gasteiger partial charge is 0.160 e. The first-order chi connectivity index (χ1) is 14.2. The van der Waals surface area contributed by atoms with E-state index in [2.05, 4.69) is 15.9 Å². The first kappa shape index (κ1) is 18.6. The van der Waals surface area contributed by atoms with Gasteiger partial charge < -0.3 is 0 Å². The molecule has 1 aliphatic heterocycles. The molecule has 0 radical (unpaired) electrons. The minimum absolute atomic E-state index is 0.0572. The maximum Gasteiger partial charge on any atom is 0.160 e. The Kier molecular flexibility index (Phi) is 5.16. The van der Waals surface area contributed by atoms with Crippen LogP contribution < -0.4 is 10.4 Å². The Morgan fingerprint density at radius 1 is 0.724 bits per heavy atom. The molecule has 136 valence electrons. The molecular weight excluding hydrogens is 424 g/mol. The quantitative estimate of drug-likeness (QED) is 0.613. The number of nitrogens with zero attached hydrogens (tertiary/aromatic N) is 4. The van der Waals surface area contributed by atoms with E-state index in [1.165, 1.54) is 0 Å². The molecule has 0 amide bonds. The van der Waals surface area contributed by atoms with Crippen LogP contribution in [0.25, 0.3) is 11.4 Å². The summed E-state index contributed by atoms with van der Waals surface area (Å²) in [6, 6.07) is 29.1. The van der Waals surface area contributed by atoms with E-state index < -0.39 is 0 Å². The Labute approximate surface area is 176 Å². The van der Waals surface area contributed by atoms with E-state index in [0.717, 1.165) is 27.8 Å². The van der Waals surface area contributed by atoms with Gasteiger partial charge in [-0.25, -0.2) is 9.98 Å². The van der Waals surface area contributed by atoms with E-state index in [1.807, 2.05) is 84.9 Å². The summed E-state index contributed by atoms with van der Waals surface area (Å²) in [4.78, 5) is 9.63. The lowest BCUT2D eigenvalue weighted by Gasteiger charge is -2.04. The standard InChI is InChI=1S/C24H13BrN4/c25-21-13-18(11-12-20(21)19(14-26)15-27)24-28-22(16-7-3-1-4-8-16)23(29-24)17-9-5-2-6-10-17/h1-13H. The number of rotatable bonds is 2. The van der Waals surface area contributed by atoms with Crippen LogP contribution >= 0.6 is 15.9 Å². The molecule has 0 aliphatic carbocycles. The fraction of sp³-hybridized carbons (Fsp3) is 0. The molecule has 0 bridgehead atoms. The molecule has 4 nitrogen and oxygen atoms in total. The normalized spacial score (nSPS) is 12.6. The van der Waals surface area contributed by atoms with Crippen molar-refractivity contribution in [3.63, 3.8) is 0 Å². The second-order valence-corrected chi connectivity index (χ2v) is 7.12. The molecule has 5 heteroatoms. The molecule has 29 heavy (non-hydrogen) atoms. The van der Waals surface area contributed by atoms with Crippen molar-refractivity contribution in [1.29, 1.82) is 10.5 Å². The third-order valence-electron chi connectivity index (χ3n) is 4.47. The van der Waals surface area contributed by atoms with Gasteiger partial charge in [-0.15, -0.1) is 0 Å². The molecule has 0 fully saturated rings. The van der Waals surface area contributed by atoms with Crippen LogP contribution in [0.5, 0.6) is 0 Å². The van der Waals surface area contributed by atoms with E-state index in [1.54, 1.807) is 6.07 Å². The van der Waals surface area contributed by atoms with Gasteiger partial charge in [0.15, 0.2) is 5.82 Å². The summed E-state index contributed by atoms with van der Waals surface area (Å²) in [5.41, 5.74) is 3.67. The molecule has 0 spiro atoms. The van der Waals surface area contributed by atoms with Crippen LogP contribution in [0.4, 0.5) is 0 Å².